The molecule has 1 aliphatic heterocycles. The molecule has 1 aliphatic rings. The SMILES string of the molecule is O=CN1CC(Oc2ccc(F)c(F)c2F)C1. The average Bonchev–Trinajstić information content (AvgIpc) is 2.22. The molecule has 0 aliphatic carbocycles. The van der Waals surface area contributed by atoms with Crippen molar-refractivity contribution in [2.24, 2.45) is 0 Å². The van der Waals surface area contributed by atoms with Crippen LogP contribution in [0.15, 0.2) is 12.1 Å². The first-order valence-electron chi connectivity index (χ1n) is 4.61. The van der Waals surface area contributed by atoms with Crippen LogP contribution in [0.2, 0.25) is 0 Å². The molecule has 1 amide bonds. The van der Waals surface area contributed by atoms with Gasteiger partial charge in [-0.15, -0.1) is 0 Å². The number of ether oxygens (including phenoxy) is 1. The van der Waals surface area contributed by atoms with E-state index < -0.39 is 17.5 Å². The molecular formula is C10H8F3NO2. The van der Waals surface area contributed by atoms with Crippen LogP contribution in [0, 0.1) is 17.5 Å². The third-order valence-electron chi connectivity index (χ3n) is 2.32. The summed E-state index contributed by atoms with van der Waals surface area (Å²) in [6.45, 7) is 0.643. The Labute approximate surface area is 89.4 Å². The fraction of sp³-hybridized carbons (Fsp3) is 0.300. The molecule has 2 rings (SSSR count). The minimum absolute atomic E-state index is 0.321. The molecule has 0 N–H and O–H groups in total. The fourth-order valence-electron chi connectivity index (χ4n) is 1.41. The van der Waals surface area contributed by atoms with E-state index in [1.54, 1.807) is 0 Å². The number of benzene rings is 1. The summed E-state index contributed by atoms with van der Waals surface area (Å²) in [5, 5.41) is 0. The Balaban J connectivity index is 2.06. The predicted molar refractivity (Wildman–Crippen MR) is 48.4 cm³/mol. The van der Waals surface area contributed by atoms with Crippen LogP contribution in [-0.4, -0.2) is 30.5 Å². The van der Waals surface area contributed by atoms with Gasteiger partial charge in [0.05, 0.1) is 13.1 Å². The van der Waals surface area contributed by atoms with Crippen LogP contribution < -0.4 is 4.74 Å². The van der Waals surface area contributed by atoms with Gasteiger partial charge in [-0.05, 0) is 12.1 Å². The van der Waals surface area contributed by atoms with Crippen LogP contribution in [0.5, 0.6) is 5.75 Å². The van der Waals surface area contributed by atoms with Gasteiger partial charge in [0.1, 0.15) is 6.10 Å². The first-order valence-corrected chi connectivity index (χ1v) is 4.61. The van der Waals surface area contributed by atoms with E-state index in [1.165, 1.54) is 4.90 Å². The predicted octanol–water partition coefficient (Wildman–Crippen LogP) is 1.32. The third-order valence-corrected chi connectivity index (χ3v) is 2.32. The van der Waals surface area contributed by atoms with Gasteiger partial charge in [-0.25, -0.2) is 8.78 Å². The first-order chi connectivity index (χ1) is 7.61. The number of rotatable bonds is 3. The highest BCUT2D eigenvalue weighted by molar-refractivity contribution is 5.49. The molecule has 1 heterocycles. The van der Waals surface area contributed by atoms with Gasteiger partial charge in [0.25, 0.3) is 0 Å². The van der Waals surface area contributed by atoms with E-state index in [9.17, 15) is 18.0 Å². The summed E-state index contributed by atoms with van der Waals surface area (Å²) in [6.07, 6.45) is 0.270. The normalized spacial score (nSPS) is 15.8. The van der Waals surface area contributed by atoms with Crippen molar-refractivity contribution in [2.45, 2.75) is 6.10 Å². The molecule has 0 radical (unpaired) electrons. The number of hydrogen-bond donors (Lipinski definition) is 0. The molecule has 16 heavy (non-hydrogen) atoms. The number of likely N-dealkylation sites (tertiary alicyclic amines) is 1. The summed E-state index contributed by atoms with van der Waals surface area (Å²) in [5.41, 5.74) is 0. The summed E-state index contributed by atoms with van der Waals surface area (Å²) in [7, 11) is 0. The molecule has 1 fully saturated rings. The highest BCUT2D eigenvalue weighted by atomic mass is 19.2. The van der Waals surface area contributed by atoms with Crippen molar-refractivity contribution in [1.82, 2.24) is 4.90 Å². The van der Waals surface area contributed by atoms with Gasteiger partial charge in [0.2, 0.25) is 12.2 Å². The van der Waals surface area contributed by atoms with Gasteiger partial charge in [-0.1, -0.05) is 0 Å². The van der Waals surface area contributed by atoms with Gasteiger partial charge in [-0.2, -0.15) is 4.39 Å². The zero-order valence-electron chi connectivity index (χ0n) is 8.12. The molecular weight excluding hydrogens is 223 g/mol. The first kappa shape index (κ1) is 10.8. The topological polar surface area (TPSA) is 29.5 Å². The van der Waals surface area contributed by atoms with E-state index in [2.05, 4.69) is 0 Å². The number of nitrogens with zero attached hydrogens (tertiary/aromatic N) is 1. The number of hydrogen-bond acceptors (Lipinski definition) is 2. The molecule has 0 saturated carbocycles. The Hall–Kier alpha value is -1.72. The minimum Gasteiger partial charge on any atom is -0.484 e. The zero-order chi connectivity index (χ0) is 11.7. The summed E-state index contributed by atoms with van der Waals surface area (Å²) in [4.78, 5) is 11.7. The molecule has 1 aromatic carbocycles. The maximum Gasteiger partial charge on any atom is 0.209 e. The summed E-state index contributed by atoms with van der Waals surface area (Å²) in [6, 6.07) is 1.82. The number of carbonyl (C=O) groups is 1. The Morgan fingerprint density at radius 1 is 1.25 bits per heavy atom. The number of halogens is 3. The van der Waals surface area contributed by atoms with Crippen LogP contribution >= 0.6 is 0 Å². The highest BCUT2D eigenvalue weighted by Crippen LogP contribution is 2.24. The molecule has 3 nitrogen and oxygen atoms in total. The van der Waals surface area contributed by atoms with Crippen molar-refractivity contribution in [2.75, 3.05) is 13.1 Å². The Kier molecular flexibility index (Phi) is 2.72. The molecule has 86 valence electrons. The quantitative estimate of drug-likeness (QED) is 0.580. The van der Waals surface area contributed by atoms with Crippen LogP contribution in [-0.2, 0) is 4.79 Å². The maximum absolute atomic E-state index is 13.1. The van der Waals surface area contributed by atoms with Gasteiger partial charge in [0, 0.05) is 0 Å². The van der Waals surface area contributed by atoms with E-state index >= 15 is 0 Å². The molecule has 1 aromatic rings. The average molecular weight is 231 g/mol. The van der Waals surface area contributed by atoms with E-state index in [4.69, 9.17) is 4.74 Å². The molecule has 0 unspecified atom stereocenters. The van der Waals surface area contributed by atoms with E-state index in [0.717, 1.165) is 12.1 Å². The fourth-order valence-corrected chi connectivity index (χ4v) is 1.41. The Bertz CT molecular complexity index is 419. The van der Waals surface area contributed by atoms with Crippen molar-refractivity contribution in [3.05, 3.63) is 29.6 Å². The third kappa shape index (κ3) is 1.82. The molecule has 0 bridgehead atoms. The number of amides is 1. The number of carbonyl (C=O) groups excluding carboxylic acids is 1. The van der Waals surface area contributed by atoms with Gasteiger partial charge < -0.3 is 9.64 Å². The van der Waals surface area contributed by atoms with Crippen LogP contribution in [0.1, 0.15) is 0 Å². The van der Waals surface area contributed by atoms with Crippen molar-refractivity contribution >= 4 is 6.41 Å². The largest absolute Gasteiger partial charge is 0.484 e. The molecule has 1 saturated heterocycles. The zero-order valence-corrected chi connectivity index (χ0v) is 8.12. The molecule has 0 aromatic heterocycles. The van der Waals surface area contributed by atoms with Gasteiger partial charge in [0.15, 0.2) is 17.4 Å². The van der Waals surface area contributed by atoms with Gasteiger partial charge in [-0.3, -0.25) is 4.79 Å². The summed E-state index contributed by atoms with van der Waals surface area (Å²) < 4.78 is 43.6. The Morgan fingerprint density at radius 2 is 1.94 bits per heavy atom. The minimum atomic E-state index is -1.55. The second-order valence-corrected chi connectivity index (χ2v) is 3.47. The maximum atomic E-state index is 13.1. The monoisotopic (exact) mass is 231 g/mol. The lowest BCUT2D eigenvalue weighted by Gasteiger charge is -2.36. The van der Waals surface area contributed by atoms with Crippen molar-refractivity contribution in [3.8, 4) is 5.75 Å². The summed E-state index contributed by atoms with van der Waals surface area (Å²) in [5.74, 6) is -4.49. The van der Waals surface area contributed by atoms with Crippen molar-refractivity contribution in [3.63, 3.8) is 0 Å². The van der Waals surface area contributed by atoms with E-state index in [0.29, 0.717) is 19.5 Å². The second-order valence-electron chi connectivity index (χ2n) is 3.47. The van der Waals surface area contributed by atoms with Gasteiger partial charge >= 0.3 is 0 Å². The lowest BCUT2D eigenvalue weighted by Crippen LogP contribution is -2.52. The summed E-state index contributed by atoms with van der Waals surface area (Å²) >= 11 is 0. The lowest BCUT2D eigenvalue weighted by atomic mass is 10.2. The molecule has 0 spiro atoms. The smallest absolute Gasteiger partial charge is 0.209 e. The van der Waals surface area contributed by atoms with Crippen molar-refractivity contribution in [1.29, 1.82) is 0 Å². The van der Waals surface area contributed by atoms with Crippen LogP contribution in [0.25, 0.3) is 0 Å². The second kappa shape index (κ2) is 4.03. The van der Waals surface area contributed by atoms with E-state index in [-0.39, 0.29) is 11.9 Å². The standard InChI is InChI=1S/C10H8F3NO2/c11-7-1-2-8(10(13)9(7)12)16-6-3-14(4-6)5-15/h1-2,5-6H,3-4H2. The Morgan fingerprint density at radius 3 is 2.56 bits per heavy atom. The van der Waals surface area contributed by atoms with Crippen LogP contribution in [0.3, 0.4) is 0 Å². The highest BCUT2D eigenvalue weighted by Gasteiger charge is 2.28. The van der Waals surface area contributed by atoms with Crippen molar-refractivity contribution < 1.29 is 22.7 Å². The molecule has 0 atom stereocenters. The van der Waals surface area contributed by atoms with Crippen LogP contribution in [0.4, 0.5) is 13.2 Å². The lowest BCUT2D eigenvalue weighted by molar-refractivity contribution is -0.126. The van der Waals surface area contributed by atoms with E-state index in [1.807, 2.05) is 0 Å². The molecule has 6 heteroatoms.